The van der Waals surface area contributed by atoms with E-state index < -0.39 is 0 Å². The number of halogens is 1. The Morgan fingerprint density at radius 1 is 0.806 bits per heavy atom. The average molecular weight is 434 g/mol. The molecule has 0 aliphatic carbocycles. The largest absolute Gasteiger partial charge is 0.368 e. The first-order chi connectivity index (χ1) is 15.1. The molecule has 5 nitrogen and oxygen atoms in total. The lowest BCUT2D eigenvalue weighted by Gasteiger charge is -2.37. The van der Waals surface area contributed by atoms with Crippen molar-refractivity contribution < 1.29 is 9.59 Å². The van der Waals surface area contributed by atoms with E-state index in [9.17, 15) is 9.59 Å². The van der Waals surface area contributed by atoms with Crippen LogP contribution in [0.5, 0.6) is 0 Å². The quantitative estimate of drug-likeness (QED) is 0.579. The number of anilines is 1. The number of piperazine rings is 1. The maximum atomic E-state index is 13.3. The number of nitrogens with zero attached hydrogens (tertiary/aromatic N) is 3. The van der Waals surface area contributed by atoms with E-state index in [0.29, 0.717) is 30.9 Å². The van der Waals surface area contributed by atoms with Crippen LogP contribution in [0.2, 0.25) is 5.02 Å². The maximum Gasteiger partial charge on any atom is 0.231 e. The SMILES string of the molecule is O=C(c1ccccc1)c1ccc2n1CCC2C(=O)N1CCN(c2ccc(Cl)cc2)CC1. The number of hydrogen-bond acceptors (Lipinski definition) is 3. The molecule has 5 rings (SSSR count). The Hall–Kier alpha value is -3.05. The molecule has 0 saturated carbocycles. The second-order valence-corrected chi connectivity index (χ2v) is 8.56. The van der Waals surface area contributed by atoms with Crippen molar-refractivity contribution in [1.29, 1.82) is 0 Å². The van der Waals surface area contributed by atoms with E-state index in [1.54, 1.807) is 0 Å². The molecule has 1 aromatic heterocycles. The third kappa shape index (κ3) is 3.74. The molecule has 2 aromatic carbocycles. The first-order valence-electron chi connectivity index (χ1n) is 10.7. The zero-order chi connectivity index (χ0) is 21.4. The summed E-state index contributed by atoms with van der Waals surface area (Å²) in [6, 6.07) is 21.0. The number of ketones is 1. The lowest BCUT2D eigenvalue weighted by molar-refractivity contribution is -0.133. The van der Waals surface area contributed by atoms with Crippen LogP contribution >= 0.6 is 11.6 Å². The summed E-state index contributed by atoms with van der Waals surface area (Å²) in [6.07, 6.45) is 0.751. The Balaban J connectivity index is 1.27. The molecule has 1 atom stereocenters. The summed E-state index contributed by atoms with van der Waals surface area (Å²) in [7, 11) is 0. The molecule has 2 aliphatic heterocycles. The Morgan fingerprint density at radius 2 is 1.52 bits per heavy atom. The van der Waals surface area contributed by atoms with Crippen molar-refractivity contribution in [1.82, 2.24) is 9.47 Å². The second kappa shape index (κ2) is 8.23. The van der Waals surface area contributed by atoms with Crippen molar-refractivity contribution in [2.75, 3.05) is 31.1 Å². The highest BCUT2D eigenvalue weighted by atomic mass is 35.5. The molecule has 1 amide bonds. The number of carbonyl (C=O) groups excluding carboxylic acids is 2. The molecule has 1 fully saturated rings. The number of fused-ring (bicyclic) bond motifs is 1. The Labute approximate surface area is 186 Å². The van der Waals surface area contributed by atoms with Crippen LogP contribution in [0.4, 0.5) is 5.69 Å². The van der Waals surface area contributed by atoms with Crippen molar-refractivity contribution in [2.24, 2.45) is 0 Å². The fourth-order valence-electron chi connectivity index (χ4n) is 4.69. The third-order valence-electron chi connectivity index (χ3n) is 6.36. The lowest BCUT2D eigenvalue weighted by atomic mass is 10.0. The van der Waals surface area contributed by atoms with Crippen molar-refractivity contribution in [3.05, 3.63) is 88.7 Å². The van der Waals surface area contributed by atoms with Crippen LogP contribution in [0.25, 0.3) is 0 Å². The van der Waals surface area contributed by atoms with Crippen molar-refractivity contribution in [3.8, 4) is 0 Å². The zero-order valence-electron chi connectivity index (χ0n) is 17.2. The van der Waals surface area contributed by atoms with Gasteiger partial charge in [-0.15, -0.1) is 0 Å². The second-order valence-electron chi connectivity index (χ2n) is 8.12. The van der Waals surface area contributed by atoms with Gasteiger partial charge in [0.25, 0.3) is 0 Å². The van der Waals surface area contributed by atoms with Crippen LogP contribution in [0.15, 0.2) is 66.7 Å². The number of hydrogen-bond donors (Lipinski definition) is 0. The first kappa shape index (κ1) is 19.9. The topological polar surface area (TPSA) is 45.6 Å². The normalized spacial score (nSPS) is 18.2. The third-order valence-corrected chi connectivity index (χ3v) is 6.61. The number of carbonyl (C=O) groups is 2. The van der Waals surface area contributed by atoms with Crippen LogP contribution in [0, 0.1) is 0 Å². The van der Waals surface area contributed by atoms with Gasteiger partial charge in [0.05, 0.1) is 11.6 Å². The molecular formula is C25H24ClN3O2. The van der Waals surface area contributed by atoms with Crippen molar-refractivity contribution in [3.63, 3.8) is 0 Å². The van der Waals surface area contributed by atoms with E-state index in [2.05, 4.69) is 4.90 Å². The highest BCUT2D eigenvalue weighted by Gasteiger charge is 2.35. The average Bonchev–Trinajstić information content (AvgIpc) is 3.42. The Morgan fingerprint density at radius 3 is 2.23 bits per heavy atom. The summed E-state index contributed by atoms with van der Waals surface area (Å²) < 4.78 is 2.03. The zero-order valence-corrected chi connectivity index (χ0v) is 18.0. The fraction of sp³-hybridized carbons (Fsp3) is 0.280. The first-order valence-corrected chi connectivity index (χ1v) is 11.1. The number of rotatable bonds is 4. The minimum atomic E-state index is -0.167. The molecule has 1 unspecified atom stereocenters. The van der Waals surface area contributed by atoms with Gasteiger partial charge in [-0.05, 0) is 42.8 Å². The molecule has 3 heterocycles. The summed E-state index contributed by atoms with van der Waals surface area (Å²) in [5, 5.41) is 0.729. The smallest absolute Gasteiger partial charge is 0.231 e. The van der Waals surface area contributed by atoms with E-state index in [0.717, 1.165) is 35.9 Å². The van der Waals surface area contributed by atoms with Gasteiger partial charge in [0.15, 0.2) is 0 Å². The molecule has 0 N–H and O–H groups in total. The van der Waals surface area contributed by atoms with Gasteiger partial charge < -0.3 is 14.4 Å². The van der Waals surface area contributed by atoms with Crippen LogP contribution in [-0.4, -0.2) is 47.3 Å². The molecule has 3 aromatic rings. The highest BCUT2D eigenvalue weighted by molar-refractivity contribution is 6.30. The van der Waals surface area contributed by atoms with Crippen molar-refractivity contribution in [2.45, 2.75) is 18.9 Å². The summed E-state index contributed by atoms with van der Waals surface area (Å²) in [5.74, 6) is 0.0160. The van der Waals surface area contributed by atoms with Crippen molar-refractivity contribution >= 4 is 29.0 Å². The molecule has 0 radical (unpaired) electrons. The van der Waals surface area contributed by atoms with Gasteiger partial charge in [-0.2, -0.15) is 0 Å². The van der Waals surface area contributed by atoms with Gasteiger partial charge in [-0.3, -0.25) is 9.59 Å². The summed E-state index contributed by atoms with van der Waals surface area (Å²) >= 11 is 5.99. The molecule has 0 bridgehead atoms. The molecular weight excluding hydrogens is 410 g/mol. The number of benzene rings is 2. The van der Waals surface area contributed by atoms with Gasteiger partial charge in [0, 0.05) is 54.7 Å². The fourth-order valence-corrected chi connectivity index (χ4v) is 4.81. The van der Waals surface area contributed by atoms with Crippen LogP contribution in [-0.2, 0) is 11.3 Å². The summed E-state index contributed by atoms with van der Waals surface area (Å²) in [6.45, 7) is 3.72. The number of aromatic nitrogens is 1. The van der Waals surface area contributed by atoms with Crippen LogP contribution in [0.1, 0.15) is 34.1 Å². The monoisotopic (exact) mass is 433 g/mol. The van der Waals surface area contributed by atoms with E-state index in [1.807, 2.05) is 76.2 Å². The van der Waals surface area contributed by atoms with E-state index in [1.165, 1.54) is 0 Å². The highest BCUT2D eigenvalue weighted by Crippen LogP contribution is 2.33. The molecule has 6 heteroatoms. The standard InChI is InChI=1S/C25H24ClN3O2/c26-19-6-8-20(9-7-19)27-14-16-28(17-15-27)25(31)21-12-13-29-22(21)10-11-23(29)24(30)18-4-2-1-3-5-18/h1-11,21H,12-17H2. The van der Waals surface area contributed by atoms with Crippen LogP contribution < -0.4 is 4.90 Å². The van der Waals surface area contributed by atoms with Crippen LogP contribution in [0.3, 0.4) is 0 Å². The van der Waals surface area contributed by atoms with E-state index in [4.69, 9.17) is 11.6 Å². The predicted molar refractivity (Wildman–Crippen MR) is 122 cm³/mol. The van der Waals surface area contributed by atoms with E-state index >= 15 is 0 Å². The Bertz CT molecular complexity index is 1100. The Kier molecular flexibility index (Phi) is 5.28. The van der Waals surface area contributed by atoms with Gasteiger partial charge in [-0.1, -0.05) is 41.9 Å². The minimum absolute atomic E-state index is 0.0107. The lowest BCUT2D eigenvalue weighted by Crippen LogP contribution is -2.50. The van der Waals surface area contributed by atoms with Gasteiger partial charge in [0.2, 0.25) is 11.7 Å². The summed E-state index contributed by atoms with van der Waals surface area (Å²) in [5.41, 5.74) is 3.44. The molecule has 31 heavy (non-hydrogen) atoms. The predicted octanol–water partition coefficient (Wildman–Crippen LogP) is 4.21. The van der Waals surface area contributed by atoms with Gasteiger partial charge >= 0.3 is 0 Å². The maximum absolute atomic E-state index is 13.3. The molecule has 2 aliphatic rings. The molecule has 1 saturated heterocycles. The molecule has 158 valence electrons. The van der Waals surface area contributed by atoms with E-state index in [-0.39, 0.29) is 17.6 Å². The number of amides is 1. The minimum Gasteiger partial charge on any atom is -0.368 e. The van der Waals surface area contributed by atoms with Gasteiger partial charge in [-0.25, -0.2) is 0 Å². The summed E-state index contributed by atoms with van der Waals surface area (Å²) in [4.78, 5) is 30.5. The molecule has 0 spiro atoms. The van der Waals surface area contributed by atoms with Gasteiger partial charge in [0.1, 0.15) is 0 Å².